The molecule has 1 saturated carbocycles. The summed E-state index contributed by atoms with van der Waals surface area (Å²) in [5.41, 5.74) is 1.77. The summed E-state index contributed by atoms with van der Waals surface area (Å²) in [6.45, 7) is 0.428. The maximum Gasteiger partial charge on any atom is 0.322 e. The summed E-state index contributed by atoms with van der Waals surface area (Å²) < 4.78 is 0. The highest BCUT2D eigenvalue weighted by atomic mass is 16.2. The van der Waals surface area contributed by atoms with Crippen molar-refractivity contribution in [3.05, 3.63) is 60.2 Å². The van der Waals surface area contributed by atoms with E-state index in [-0.39, 0.29) is 18.0 Å². The Morgan fingerprint density at radius 3 is 2.38 bits per heavy atom. The van der Waals surface area contributed by atoms with Crippen molar-refractivity contribution in [2.45, 2.75) is 25.3 Å². The number of carbonyl (C=O) groups is 2. The zero-order valence-electron chi connectivity index (χ0n) is 14.3. The highest BCUT2D eigenvalue weighted by molar-refractivity contribution is 6.04. The molecule has 2 aromatic rings. The fourth-order valence-corrected chi connectivity index (χ4v) is 2.67. The van der Waals surface area contributed by atoms with Crippen LogP contribution in [0.1, 0.15) is 29.6 Å². The van der Waals surface area contributed by atoms with Crippen LogP contribution in [0.5, 0.6) is 0 Å². The molecule has 3 amide bonds. The van der Waals surface area contributed by atoms with Gasteiger partial charge in [-0.05, 0) is 43.2 Å². The molecule has 26 heavy (non-hydrogen) atoms. The van der Waals surface area contributed by atoms with Crippen LogP contribution in [0.3, 0.4) is 0 Å². The highest BCUT2D eigenvalue weighted by Gasteiger charge is 2.32. The summed E-state index contributed by atoms with van der Waals surface area (Å²) in [5.74, 6) is -0.206. The molecular weight excluding hydrogens is 328 g/mol. The summed E-state index contributed by atoms with van der Waals surface area (Å²) in [7, 11) is 0. The lowest BCUT2D eigenvalue weighted by molar-refractivity contribution is 0.102. The molecule has 0 aromatic heterocycles. The van der Waals surface area contributed by atoms with Crippen molar-refractivity contribution in [3.63, 3.8) is 0 Å². The van der Waals surface area contributed by atoms with Crippen molar-refractivity contribution in [2.24, 2.45) is 0 Å². The Hall–Kier alpha value is -3.33. The predicted molar refractivity (Wildman–Crippen MR) is 99.8 cm³/mol. The van der Waals surface area contributed by atoms with E-state index in [1.807, 2.05) is 6.07 Å². The van der Waals surface area contributed by atoms with Gasteiger partial charge >= 0.3 is 6.03 Å². The minimum absolute atomic E-state index is 0.206. The van der Waals surface area contributed by atoms with Gasteiger partial charge in [0.05, 0.1) is 12.5 Å². The summed E-state index contributed by atoms with van der Waals surface area (Å²) in [6, 6.07) is 18.1. The Morgan fingerprint density at radius 1 is 1.04 bits per heavy atom. The van der Waals surface area contributed by atoms with Gasteiger partial charge in [0.1, 0.15) is 0 Å². The van der Waals surface area contributed by atoms with E-state index >= 15 is 0 Å². The fourth-order valence-electron chi connectivity index (χ4n) is 2.67. The van der Waals surface area contributed by atoms with Gasteiger partial charge in [-0.15, -0.1) is 0 Å². The van der Waals surface area contributed by atoms with Gasteiger partial charge < -0.3 is 15.5 Å². The second-order valence-corrected chi connectivity index (χ2v) is 6.16. The molecule has 3 rings (SSSR count). The molecule has 0 unspecified atom stereocenters. The monoisotopic (exact) mass is 348 g/mol. The Labute approximate surface area is 152 Å². The van der Waals surface area contributed by atoms with Gasteiger partial charge in [-0.3, -0.25) is 4.79 Å². The van der Waals surface area contributed by atoms with Gasteiger partial charge in [0, 0.05) is 29.5 Å². The second-order valence-electron chi connectivity index (χ2n) is 6.16. The van der Waals surface area contributed by atoms with Crippen LogP contribution < -0.4 is 10.6 Å². The van der Waals surface area contributed by atoms with Crippen LogP contribution in [0.2, 0.25) is 0 Å². The van der Waals surface area contributed by atoms with E-state index in [4.69, 9.17) is 5.26 Å². The molecule has 0 heterocycles. The van der Waals surface area contributed by atoms with Gasteiger partial charge in [-0.2, -0.15) is 5.26 Å². The predicted octanol–water partition coefficient (Wildman–Crippen LogP) is 3.85. The van der Waals surface area contributed by atoms with Crippen LogP contribution in [0.25, 0.3) is 0 Å². The topological polar surface area (TPSA) is 85.2 Å². The third-order valence-electron chi connectivity index (χ3n) is 4.12. The third-order valence-corrected chi connectivity index (χ3v) is 4.12. The lowest BCUT2D eigenvalue weighted by Gasteiger charge is -2.21. The van der Waals surface area contributed by atoms with Crippen LogP contribution in [0.4, 0.5) is 16.2 Å². The highest BCUT2D eigenvalue weighted by Crippen LogP contribution is 2.28. The molecule has 0 saturated heterocycles. The largest absolute Gasteiger partial charge is 0.322 e. The smallest absolute Gasteiger partial charge is 0.322 e. The molecule has 132 valence electrons. The quantitative estimate of drug-likeness (QED) is 0.831. The lowest BCUT2D eigenvalue weighted by atomic mass is 10.2. The lowest BCUT2D eigenvalue weighted by Crippen LogP contribution is -2.37. The van der Waals surface area contributed by atoms with E-state index in [0.717, 1.165) is 12.8 Å². The van der Waals surface area contributed by atoms with Crippen LogP contribution >= 0.6 is 0 Å². The zero-order valence-corrected chi connectivity index (χ0v) is 14.3. The van der Waals surface area contributed by atoms with Crippen molar-refractivity contribution >= 4 is 23.3 Å². The molecule has 0 spiro atoms. The number of hydrogen-bond donors (Lipinski definition) is 2. The van der Waals surface area contributed by atoms with Crippen LogP contribution in [-0.4, -0.2) is 29.4 Å². The van der Waals surface area contributed by atoms with E-state index in [1.54, 1.807) is 53.4 Å². The number of carbonyl (C=O) groups excluding carboxylic acids is 2. The minimum Gasteiger partial charge on any atom is -0.322 e. The Bertz CT molecular complexity index is 825. The Morgan fingerprint density at radius 2 is 1.73 bits per heavy atom. The van der Waals surface area contributed by atoms with Crippen molar-refractivity contribution < 1.29 is 9.59 Å². The summed E-state index contributed by atoms with van der Waals surface area (Å²) >= 11 is 0. The molecule has 1 aliphatic carbocycles. The van der Waals surface area contributed by atoms with Crippen LogP contribution in [0.15, 0.2) is 54.6 Å². The Balaban J connectivity index is 1.64. The molecule has 0 aliphatic heterocycles. The first-order valence-corrected chi connectivity index (χ1v) is 8.58. The third kappa shape index (κ3) is 4.61. The molecule has 0 radical (unpaired) electrons. The van der Waals surface area contributed by atoms with E-state index in [0.29, 0.717) is 29.9 Å². The number of hydrogen-bond acceptors (Lipinski definition) is 3. The SMILES string of the molecule is N#CCCN(C(=O)Nc1cccc(NC(=O)c2ccccc2)c1)C1CC1. The molecule has 6 heteroatoms. The van der Waals surface area contributed by atoms with Crippen molar-refractivity contribution in [3.8, 4) is 6.07 Å². The second kappa shape index (κ2) is 8.17. The number of nitrogens with zero attached hydrogens (tertiary/aromatic N) is 2. The first-order valence-electron chi connectivity index (χ1n) is 8.58. The molecular formula is C20H20N4O2. The van der Waals surface area contributed by atoms with E-state index in [1.165, 1.54) is 0 Å². The molecule has 6 nitrogen and oxygen atoms in total. The van der Waals surface area contributed by atoms with Crippen molar-refractivity contribution in [2.75, 3.05) is 17.2 Å². The number of anilines is 2. The van der Waals surface area contributed by atoms with Gasteiger partial charge in [-0.25, -0.2) is 4.79 Å². The summed E-state index contributed by atoms with van der Waals surface area (Å²) in [4.78, 5) is 26.4. The summed E-state index contributed by atoms with van der Waals surface area (Å²) in [6.07, 6.45) is 2.27. The molecule has 1 aliphatic rings. The minimum atomic E-state index is -0.214. The number of benzene rings is 2. The number of amides is 3. The first-order chi connectivity index (χ1) is 12.7. The van der Waals surface area contributed by atoms with Crippen LogP contribution in [-0.2, 0) is 0 Å². The van der Waals surface area contributed by atoms with E-state index < -0.39 is 0 Å². The normalized spacial score (nSPS) is 12.7. The van der Waals surface area contributed by atoms with Gasteiger partial charge in [-0.1, -0.05) is 24.3 Å². The maximum atomic E-state index is 12.5. The average Bonchev–Trinajstić information content (AvgIpc) is 3.48. The number of nitrogens with one attached hydrogen (secondary N) is 2. The Kier molecular flexibility index (Phi) is 5.49. The van der Waals surface area contributed by atoms with E-state index in [2.05, 4.69) is 16.7 Å². The molecule has 2 aromatic carbocycles. The first kappa shape index (κ1) is 17.5. The number of nitriles is 1. The number of urea groups is 1. The number of rotatable bonds is 6. The molecule has 0 bridgehead atoms. The molecule has 2 N–H and O–H groups in total. The maximum absolute atomic E-state index is 12.5. The fraction of sp³-hybridized carbons (Fsp3) is 0.250. The van der Waals surface area contributed by atoms with Gasteiger partial charge in [0.2, 0.25) is 0 Å². The zero-order chi connectivity index (χ0) is 18.4. The summed E-state index contributed by atoms with van der Waals surface area (Å²) in [5, 5.41) is 14.4. The van der Waals surface area contributed by atoms with Crippen molar-refractivity contribution in [1.29, 1.82) is 5.26 Å². The van der Waals surface area contributed by atoms with Crippen molar-refractivity contribution in [1.82, 2.24) is 4.90 Å². The van der Waals surface area contributed by atoms with Gasteiger partial charge in [0.25, 0.3) is 5.91 Å². The van der Waals surface area contributed by atoms with Crippen LogP contribution in [0, 0.1) is 11.3 Å². The molecule has 0 atom stereocenters. The van der Waals surface area contributed by atoms with Gasteiger partial charge in [0.15, 0.2) is 0 Å². The molecule has 1 fully saturated rings. The van der Waals surface area contributed by atoms with E-state index in [9.17, 15) is 9.59 Å². The average molecular weight is 348 g/mol. The standard InChI is InChI=1S/C20H20N4O2/c21-12-5-13-24(18-10-11-18)20(26)23-17-9-4-8-16(14-17)22-19(25)15-6-2-1-3-7-15/h1-4,6-9,14,18H,5,10-11,13H2,(H,22,25)(H,23,26).